The van der Waals surface area contributed by atoms with Crippen LogP contribution in [0.15, 0.2) is 41.3 Å². The molecule has 2 aliphatic rings. The van der Waals surface area contributed by atoms with E-state index in [-0.39, 0.29) is 16.1 Å². The molecule has 4 heterocycles. The van der Waals surface area contributed by atoms with E-state index >= 15 is 4.39 Å². The molecule has 214 valence electrons. The summed E-state index contributed by atoms with van der Waals surface area (Å²) in [5.74, 6) is -11.0. The minimum Gasteiger partial charge on any atom is -0.331 e. The Morgan fingerprint density at radius 1 is 1.12 bits per heavy atom. The lowest BCUT2D eigenvalue weighted by Gasteiger charge is -2.34. The lowest BCUT2D eigenvalue weighted by Crippen LogP contribution is -2.54. The molecule has 40 heavy (non-hydrogen) atoms. The molecule has 0 aliphatic carbocycles. The first-order chi connectivity index (χ1) is 23.5. The number of likely N-dealkylation sites (tertiary alicyclic amines) is 2. The molecule has 3 amide bonds. The molecular formula is C26H27F5N6O3. The summed E-state index contributed by atoms with van der Waals surface area (Å²) < 4.78 is 176. The van der Waals surface area contributed by atoms with Crippen LogP contribution in [0.4, 0.5) is 26.7 Å². The van der Waals surface area contributed by atoms with Gasteiger partial charge in [-0.05, 0) is 49.3 Å². The number of alkyl halides is 3. The van der Waals surface area contributed by atoms with Gasteiger partial charge in [0.1, 0.15) is 12.6 Å². The van der Waals surface area contributed by atoms with E-state index in [1.807, 2.05) is 0 Å². The number of benzene rings is 1. The Morgan fingerprint density at radius 2 is 1.88 bits per heavy atom. The Balaban J connectivity index is 1.63. The van der Waals surface area contributed by atoms with Gasteiger partial charge in [-0.2, -0.15) is 13.2 Å². The van der Waals surface area contributed by atoms with E-state index in [9.17, 15) is 31.9 Å². The Morgan fingerprint density at radius 3 is 2.60 bits per heavy atom. The number of pyridine rings is 1. The van der Waals surface area contributed by atoms with Crippen LogP contribution in [0.2, 0.25) is 0 Å². The van der Waals surface area contributed by atoms with Gasteiger partial charge in [-0.15, -0.1) is 0 Å². The Kier molecular flexibility index (Phi) is 4.45. The maximum absolute atomic E-state index is 15.2. The number of amides is 3. The van der Waals surface area contributed by atoms with Crippen LogP contribution in [-0.2, 0) is 4.79 Å². The zero-order chi connectivity index (χ0) is 39.4. The van der Waals surface area contributed by atoms with Gasteiger partial charge in [0, 0.05) is 50.1 Å². The van der Waals surface area contributed by atoms with E-state index < -0.39 is 115 Å². The van der Waals surface area contributed by atoms with E-state index in [4.69, 9.17) is 16.4 Å². The molecule has 9 nitrogen and oxygen atoms in total. The normalized spacial score (nSPS) is 35.5. The maximum atomic E-state index is 15.2. The van der Waals surface area contributed by atoms with Crippen molar-refractivity contribution in [2.45, 2.75) is 49.6 Å². The Bertz CT molecular complexity index is 1990. The largest absolute Gasteiger partial charge is 0.406 e. The second-order valence-electron chi connectivity index (χ2n) is 8.49. The highest BCUT2D eigenvalue weighted by molar-refractivity contribution is 5.87. The molecule has 0 spiro atoms. The van der Waals surface area contributed by atoms with Crippen molar-refractivity contribution in [1.29, 1.82) is 0 Å². The van der Waals surface area contributed by atoms with Crippen molar-refractivity contribution in [3.05, 3.63) is 64.2 Å². The van der Waals surface area contributed by atoms with Gasteiger partial charge in [-0.1, -0.05) is 12.1 Å². The summed E-state index contributed by atoms with van der Waals surface area (Å²) in [6, 6.07) is -4.27. The number of hydrogen-bond acceptors (Lipinski definition) is 4. The third-order valence-electron chi connectivity index (χ3n) is 5.80. The van der Waals surface area contributed by atoms with E-state index in [1.165, 1.54) is 23.6 Å². The fourth-order valence-electron chi connectivity index (χ4n) is 3.98. The van der Waals surface area contributed by atoms with E-state index in [2.05, 4.69) is 9.97 Å². The quantitative estimate of drug-likeness (QED) is 0.461. The molecule has 3 aromatic rings. The average Bonchev–Trinajstić information content (AvgIpc) is 3.32. The average molecular weight is 579 g/mol. The zero-order valence-electron chi connectivity index (χ0n) is 32.1. The second kappa shape index (κ2) is 10.9. The van der Waals surface area contributed by atoms with Crippen LogP contribution in [0.25, 0.3) is 11.2 Å². The van der Waals surface area contributed by atoms with Gasteiger partial charge in [0.2, 0.25) is 5.91 Å². The SMILES string of the molecule is [2H]C1([2H])CN(C(=O)N[C@@]2([2H])C(=O)N(CC(F)(F)F)C([2H])([2H])[C@]([2H])(c3cccc(F)c3F)C([2H])([2H])C2([2H])[2H])CC([2H])([2H])C1n1c(=O)[nH]c2ncccc21. The zero-order valence-corrected chi connectivity index (χ0v) is 20.1. The van der Waals surface area contributed by atoms with Crippen molar-refractivity contribution in [2.75, 3.05) is 26.1 Å². The smallest absolute Gasteiger partial charge is 0.331 e. The highest BCUT2D eigenvalue weighted by atomic mass is 19.4. The van der Waals surface area contributed by atoms with E-state index in [0.29, 0.717) is 22.8 Å². The summed E-state index contributed by atoms with van der Waals surface area (Å²) in [5, 5.41) is 1.38. The minimum absolute atomic E-state index is 0.0413. The van der Waals surface area contributed by atoms with Crippen LogP contribution in [0.5, 0.6) is 0 Å². The summed E-state index contributed by atoms with van der Waals surface area (Å²) in [4.78, 5) is 45.9. The summed E-state index contributed by atoms with van der Waals surface area (Å²) in [6.45, 7) is -9.60. The molecular weight excluding hydrogens is 539 g/mol. The monoisotopic (exact) mass is 578 g/mol. The van der Waals surface area contributed by atoms with Crippen molar-refractivity contribution < 1.29 is 48.0 Å². The van der Waals surface area contributed by atoms with Crippen LogP contribution >= 0.6 is 0 Å². The van der Waals surface area contributed by atoms with Gasteiger partial charge in [0.15, 0.2) is 17.3 Å². The number of carbonyl (C=O) groups excluding carboxylic acids is 2. The van der Waals surface area contributed by atoms with Crippen molar-refractivity contribution in [3.8, 4) is 0 Å². The summed E-state index contributed by atoms with van der Waals surface area (Å²) >= 11 is 0. The van der Waals surface area contributed by atoms with E-state index in [1.54, 1.807) is 0 Å². The first kappa shape index (κ1) is 16.3. The number of aromatic amines is 1. The summed E-state index contributed by atoms with van der Waals surface area (Å²) in [7, 11) is 0. The molecule has 0 radical (unpaired) electrons. The molecule has 0 bridgehead atoms. The van der Waals surface area contributed by atoms with Crippen LogP contribution in [0.3, 0.4) is 0 Å². The number of piperidine rings is 1. The molecule has 2 fully saturated rings. The number of carbonyl (C=O) groups is 2. The highest BCUT2D eigenvalue weighted by Crippen LogP contribution is 2.32. The Hall–Kier alpha value is -3.97. The Labute approximate surface area is 241 Å². The topological polar surface area (TPSA) is 103 Å². The third kappa shape index (κ3) is 5.65. The number of H-pyrrole nitrogens is 1. The predicted octanol–water partition coefficient (Wildman–Crippen LogP) is 3.69. The number of urea groups is 1. The fraction of sp³-hybridized carbons (Fsp3) is 0.462. The molecule has 2 saturated heterocycles. The number of nitrogens with zero attached hydrogens (tertiary/aromatic N) is 4. The number of rotatable bonds is 4. The van der Waals surface area contributed by atoms with Crippen molar-refractivity contribution in [1.82, 2.24) is 29.7 Å². The summed E-state index contributed by atoms with van der Waals surface area (Å²) in [6.07, 6.45) is -19.2. The van der Waals surface area contributed by atoms with Crippen molar-refractivity contribution in [2.24, 2.45) is 0 Å². The van der Waals surface area contributed by atoms with Crippen molar-refractivity contribution in [3.63, 3.8) is 0 Å². The number of hydrogen-bond donors (Lipinski definition) is 2. The van der Waals surface area contributed by atoms with Crippen LogP contribution < -0.4 is 11.0 Å². The number of imidazole rings is 1. The third-order valence-corrected chi connectivity index (χ3v) is 5.80. The fourth-order valence-corrected chi connectivity index (χ4v) is 3.98. The van der Waals surface area contributed by atoms with Gasteiger partial charge in [0.05, 0.1) is 9.63 Å². The molecule has 1 aromatic carbocycles. The highest BCUT2D eigenvalue weighted by Gasteiger charge is 2.40. The number of aromatic nitrogens is 3. The van der Waals surface area contributed by atoms with Gasteiger partial charge < -0.3 is 15.1 Å². The van der Waals surface area contributed by atoms with Gasteiger partial charge in [-0.3, -0.25) is 14.3 Å². The molecule has 0 unspecified atom stereocenters. The number of halogens is 5. The number of fused-ring (bicyclic) bond motifs is 1. The maximum Gasteiger partial charge on any atom is 0.406 e. The second-order valence-corrected chi connectivity index (χ2v) is 8.49. The van der Waals surface area contributed by atoms with Gasteiger partial charge in [-0.25, -0.2) is 23.4 Å². The van der Waals surface area contributed by atoms with Crippen LogP contribution in [0, 0.1) is 11.6 Å². The predicted molar refractivity (Wildman–Crippen MR) is 133 cm³/mol. The van der Waals surface area contributed by atoms with Gasteiger partial charge >= 0.3 is 17.9 Å². The standard InChI is InChI=1S/C26H27F5N6O3/c27-18-4-1-3-17(21(18)28)15-6-7-19(23(38)36(13-15)14-26(29,30)31)33-24(39)35-11-8-16(9-12-35)37-20-5-2-10-32-22(20)34-25(37)40/h1-5,10,15-16,19H,6-9,11-14H2,(H,33,39)(H,32,34,40)/t15-,19-/m1/s1/i6D2,7D2,8D2,9D2,13D2,15D,19D. The number of nitrogens with one attached hydrogen (secondary N) is 2. The van der Waals surface area contributed by atoms with Crippen LogP contribution in [0.1, 0.15) is 59.4 Å². The molecule has 2 aromatic heterocycles. The molecule has 0 saturated carbocycles. The molecule has 2 N–H and O–H groups in total. The lowest BCUT2D eigenvalue weighted by atomic mass is 9.93. The molecule has 2 atom stereocenters. The molecule has 14 heteroatoms. The molecule has 2 aliphatic heterocycles. The first-order valence-corrected chi connectivity index (χ1v) is 11.5. The lowest BCUT2D eigenvalue weighted by molar-refractivity contribution is -0.162. The summed E-state index contributed by atoms with van der Waals surface area (Å²) in [5.41, 5.74) is -2.78. The first-order valence-electron chi connectivity index (χ1n) is 17.5. The van der Waals surface area contributed by atoms with Gasteiger partial charge in [0.25, 0.3) is 0 Å². The van der Waals surface area contributed by atoms with Crippen LogP contribution in [-0.4, -0.2) is 74.6 Å². The minimum atomic E-state index is -5.62. The molecule has 5 rings (SSSR count). The van der Waals surface area contributed by atoms with Crippen molar-refractivity contribution >= 4 is 23.1 Å². The van der Waals surface area contributed by atoms with E-state index in [0.717, 1.165) is 0 Å².